The van der Waals surface area contributed by atoms with Crippen molar-refractivity contribution < 1.29 is 19.1 Å². The summed E-state index contributed by atoms with van der Waals surface area (Å²) >= 11 is 0. The Morgan fingerprint density at radius 1 is 1.08 bits per heavy atom. The second kappa shape index (κ2) is 10.5. The van der Waals surface area contributed by atoms with E-state index in [1.165, 1.54) is 6.20 Å². The van der Waals surface area contributed by atoms with Crippen LogP contribution in [0.1, 0.15) is 60.4 Å². The summed E-state index contributed by atoms with van der Waals surface area (Å²) in [7, 11) is 0. The number of benzene rings is 1. The number of aryl methyl sites for hydroxylation is 1. The van der Waals surface area contributed by atoms with Gasteiger partial charge in [0.15, 0.2) is 6.20 Å². The topological polar surface area (TPSA) is 88.8 Å². The van der Waals surface area contributed by atoms with Crippen LogP contribution in [0.15, 0.2) is 42.6 Å². The number of pyridine rings is 1. The van der Waals surface area contributed by atoms with E-state index in [0.29, 0.717) is 36.2 Å². The van der Waals surface area contributed by atoms with E-state index in [1.807, 2.05) is 62.9 Å². The van der Waals surface area contributed by atoms with Gasteiger partial charge in [0, 0.05) is 45.7 Å². The molecule has 4 rings (SSSR count). The fraction of sp³-hybridized carbons (Fsp3) is 0.536. The number of carbonyl (C=O) groups excluding carboxylic acids is 2. The normalized spacial score (nSPS) is 20.8. The Balaban J connectivity index is 1.34. The molecular formula is C28H38N4O4. The summed E-state index contributed by atoms with van der Waals surface area (Å²) in [4.78, 5) is 30.1. The van der Waals surface area contributed by atoms with E-state index in [9.17, 15) is 14.8 Å². The third-order valence-corrected chi connectivity index (χ3v) is 7.24. The summed E-state index contributed by atoms with van der Waals surface area (Å²) in [6.07, 6.45) is 1.82. The van der Waals surface area contributed by atoms with Gasteiger partial charge in [0.05, 0.1) is 6.04 Å². The molecule has 194 valence electrons. The molecule has 1 N–H and O–H groups in total. The Morgan fingerprint density at radius 2 is 1.72 bits per heavy atom. The number of ether oxygens (including phenoxy) is 1. The third-order valence-electron chi connectivity index (χ3n) is 7.24. The van der Waals surface area contributed by atoms with Crippen molar-refractivity contribution in [3.8, 4) is 0 Å². The maximum atomic E-state index is 13.2. The van der Waals surface area contributed by atoms with Crippen molar-refractivity contribution in [3.63, 3.8) is 0 Å². The fourth-order valence-electron chi connectivity index (χ4n) is 5.46. The summed E-state index contributed by atoms with van der Waals surface area (Å²) < 4.78 is 6.27. The Hall–Kier alpha value is -3.13. The first kappa shape index (κ1) is 25.9. The van der Waals surface area contributed by atoms with Gasteiger partial charge in [-0.2, -0.15) is 4.73 Å². The van der Waals surface area contributed by atoms with Gasteiger partial charge in [-0.3, -0.25) is 4.79 Å². The molecule has 2 aliphatic heterocycles. The van der Waals surface area contributed by atoms with E-state index in [-0.39, 0.29) is 11.9 Å². The van der Waals surface area contributed by atoms with E-state index in [2.05, 4.69) is 10.2 Å². The third kappa shape index (κ3) is 5.98. The number of fused-ring (bicyclic) bond motifs is 1. The van der Waals surface area contributed by atoms with Gasteiger partial charge in [-0.1, -0.05) is 30.3 Å². The molecule has 36 heavy (non-hydrogen) atoms. The van der Waals surface area contributed by atoms with Gasteiger partial charge in [0.2, 0.25) is 5.69 Å². The van der Waals surface area contributed by atoms with Crippen molar-refractivity contribution in [3.05, 3.63) is 70.2 Å². The minimum Gasteiger partial charge on any atom is -0.618 e. The van der Waals surface area contributed by atoms with Crippen molar-refractivity contribution in [1.82, 2.24) is 15.1 Å². The molecule has 2 saturated heterocycles. The lowest BCUT2D eigenvalue weighted by Crippen LogP contribution is -2.39. The zero-order chi connectivity index (χ0) is 26.0. The number of amides is 2. The number of hydrogen-bond acceptors (Lipinski definition) is 5. The van der Waals surface area contributed by atoms with Gasteiger partial charge >= 0.3 is 6.09 Å². The number of carbonyl (C=O) groups is 2. The van der Waals surface area contributed by atoms with E-state index in [1.54, 1.807) is 13.0 Å². The van der Waals surface area contributed by atoms with Crippen LogP contribution in [0.4, 0.5) is 4.79 Å². The molecule has 0 radical (unpaired) electrons. The first-order valence-corrected chi connectivity index (χ1v) is 12.8. The van der Waals surface area contributed by atoms with Gasteiger partial charge < -0.3 is 25.1 Å². The van der Waals surface area contributed by atoms with E-state index < -0.39 is 11.7 Å². The van der Waals surface area contributed by atoms with Crippen LogP contribution in [0.2, 0.25) is 0 Å². The van der Waals surface area contributed by atoms with Gasteiger partial charge in [-0.15, -0.1) is 0 Å². The Bertz CT molecular complexity index is 1080. The Kier molecular flexibility index (Phi) is 7.54. The quantitative estimate of drug-likeness (QED) is 0.490. The average Bonchev–Trinajstić information content (AvgIpc) is 3.38. The van der Waals surface area contributed by atoms with Crippen LogP contribution in [-0.2, 0) is 4.74 Å². The maximum Gasteiger partial charge on any atom is 0.408 e. The highest BCUT2D eigenvalue weighted by Crippen LogP contribution is 2.33. The highest BCUT2D eigenvalue weighted by molar-refractivity contribution is 5.96. The smallest absolute Gasteiger partial charge is 0.408 e. The lowest BCUT2D eigenvalue weighted by molar-refractivity contribution is -0.612. The first-order chi connectivity index (χ1) is 17.0. The molecule has 1 aromatic heterocycles. The van der Waals surface area contributed by atoms with Gasteiger partial charge in [-0.25, -0.2) is 4.79 Å². The number of likely N-dealkylation sites (tertiary alicyclic amines) is 2. The van der Waals surface area contributed by atoms with E-state index in [0.717, 1.165) is 41.9 Å². The number of alkyl carbamates (subject to hydrolysis) is 1. The van der Waals surface area contributed by atoms with Crippen LogP contribution in [0.3, 0.4) is 0 Å². The molecule has 2 fully saturated rings. The molecule has 8 heteroatoms. The predicted molar refractivity (Wildman–Crippen MR) is 137 cm³/mol. The summed E-state index contributed by atoms with van der Waals surface area (Å²) in [6.45, 7) is 13.3. The lowest BCUT2D eigenvalue weighted by Gasteiger charge is -2.26. The summed E-state index contributed by atoms with van der Waals surface area (Å²) in [6, 6.07) is 11.6. The molecule has 3 heterocycles. The molecule has 0 spiro atoms. The standard InChI is InChI=1S/C28H38N4O4/c1-19-11-14-32(35)20(2)25(19)26(33)31-17-22-15-30(16-23(22)18-31)13-12-24(21-9-7-6-8-10-21)29-27(34)36-28(3,4)5/h6-11,14,22-24H,12-13,15-18H2,1-5H3,(H,29,34)/t22?,23?,24-/m1/s1. The van der Waals surface area contributed by atoms with Crippen LogP contribution in [0.5, 0.6) is 0 Å². The van der Waals surface area contributed by atoms with Gasteiger partial charge in [-0.05, 0) is 57.1 Å². The molecule has 2 amide bonds. The van der Waals surface area contributed by atoms with Crippen molar-refractivity contribution in [2.45, 2.75) is 52.7 Å². The molecule has 0 saturated carbocycles. The minimum absolute atomic E-state index is 0.0400. The molecule has 0 aliphatic carbocycles. The molecule has 8 nitrogen and oxygen atoms in total. The van der Waals surface area contributed by atoms with Crippen molar-refractivity contribution >= 4 is 12.0 Å². The van der Waals surface area contributed by atoms with Gasteiger partial charge in [0.1, 0.15) is 11.2 Å². The largest absolute Gasteiger partial charge is 0.618 e. The van der Waals surface area contributed by atoms with Crippen LogP contribution >= 0.6 is 0 Å². The number of nitrogens with zero attached hydrogens (tertiary/aromatic N) is 3. The maximum absolute atomic E-state index is 13.2. The predicted octanol–water partition coefficient (Wildman–Crippen LogP) is 3.60. The first-order valence-electron chi connectivity index (χ1n) is 12.8. The van der Waals surface area contributed by atoms with Crippen molar-refractivity contribution in [1.29, 1.82) is 0 Å². The molecule has 1 aromatic carbocycles. The minimum atomic E-state index is -0.550. The van der Waals surface area contributed by atoms with E-state index in [4.69, 9.17) is 4.74 Å². The highest BCUT2D eigenvalue weighted by Gasteiger charge is 2.42. The second-order valence-corrected chi connectivity index (χ2v) is 11.2. The zero-order valence-electron chi connectivity index (χ0n) is 22.0. The summed E-state index contributed by atoms with van der Waals surface area (Å²) in [5.41, 5.74) is 2.34. The second-order valence-electron chi connectivity index (χ2n) is 11.2. The number of hydrogen-bond donors (Lipinski definition) is 1. The molecule has 2 unspecified atom stereocenters. The Labute approximate surface area is 213 Å². The zero-order valence-corrected chi connectivity index (χ0v) is 22.0. The monoisotopic (exact) mass is 494 g/mol. The van der Waals surface area contributed by atoms with Crippen LogP contribution in [0.25, 0.3) is 0 Å². The van der Waals surface area contributed by atoms with Crippen molar-refractivity contribution in [2.24, 2.45) is 11.8 Å². The number of rotatable bonds is 6. The van der Waals surface area contributed by atoms with Gasteiger partial charge in [0.25, 0.3) is 5.91 Å². The molecule has 2 aromatic rings. The van der Waals surface area contributed by atoms with Crippen LogP contribution in [-0.4, -0.2) is 60.1 Å². The molecule has 3 atom stereocenters. The molecule has 2 aliphatic rings. The summed E-state index contributed by atoms with van der Waals surface area (Å²) in [5.74, 6) is 0.806. The number of nitrogens with one attached hydrogen (secondary N) is 1. The average molecular weight is 495 g/mol. The van der Waals surface area contributed by atoms with E-state index >= 15 is 0 Å². The number of aromatic nitrogens is 1. The van der Waals surface area contributed by atoms with Crippen LogP contribution < -0.4 is 10.0 Å². The van der Waals surface area contributed by atoms with Crippen molar-refractivity contribution in [2.75, 3.05) is 32.7 Å². The van der Waals surface area contributed by atoms with Crippen LogP contribution in [0, 0.1) is 30.9 Å². The Morgan fingerprint density at radius 3 is 2.33 bits per heavy atom. The fourth-order valence-corrected chi connectivity index (χ4v) is 5.46. The SMILES string of the molecule is Cc1cc[n+]([O-])c(C)c1C(=O)N1CC2CN(CC[C@@H](NC(=O)OC(C)(C)C)c3ccccc3)CC2C1. The molecular weight excluding hydrogens is 456 g/mol. The molecule has 0 bridgehead atoms. The lowest BCUT2D eigenvalue weighted by atomic mass is 10.0. The summed E-state index contributed by atoms with van der Waals surface area (Å²) in [5, 5.41) is 15.1. The highest BCUT2D eigenvalue weighted by atomic mass is 16.6.